The van der Waals surface area contributed by atoms with Crippen LogP contribution in [-0.2, 0) is 29.1 Å². The largest absolute Gasteiger partial charge is 0.455 e. The number of ether oxygens (including phenoxy) is 1. The molecular formula is C18H27N3O6S. The number of benzene rings is 1. The summed E-state index contributed by atoms with van der Waals surface area (Å²) in [5.74, 6) is -1.67. The maximum Gasteiger partial charge on any atom is 0.321 e. The van der Waals surface area contributed by atoms with Gasteiger partial charge in [-0.05, 0) is 32.9 Å². The predicted octanol–water partition coefficient (Wildman–Crippen LogP) is 0.143. The van der Waals surface area contributed by atoms with Crippen molar-refractivity contribution in [1.29, 1.82) is 0 Å². The molecule has 0 heterocycles. The molecule has 0 saturated carbocycles. The summed E-state index contributed by atoms with van der Waals surface area (Å²) in [6.45, 7) is 5.26. The molecule has 0 unspecified atom stereocenters. The quantitative estimate of drug-likeness (QED) is 0.546. The normalized spacial score (nSPS) is 11.0. The van der Waals surface area contributed by atoms with E-state index < -0.39 is 35.1 Å². The molecule has 0 aromatic heterocycles. The fourth-order valence-corrected chi connectivity index (χ4v) is 3.19. The summed E-state index contributed by atoms with van der Waals surface area (Å²) in [6.07, 6.45) is 0. The lowest BCUT2D eigenvalue weighted by molar-refractivity contribution is -0.151. The summed E-state index contributed by atoms with van der Waals surface area (Å²) in [4.78, 5) is 38.4. The lowest BCUT2D eigenvalue weighted by Crippen LogP contribution is -2.42. The number of hydrogen-bond acceptors (Lipinski definition) is 6. The molecular weight excluding hydrogens is 386 g/mol. The first-order valence-corrected chi connectivity index (χ1v) is 10.3. The van der Waals surface area contributed by atoms with E-state index in [1.165, 1.54) is 19.2 Å². The molecule has 156 valence electrons. The summed E-state index contributed by atoms with van der Waals surface area (Å²) in [6, 6.07) is 6.13. The number of carbonyl (C=O) groups excluding carboxylic acids is 3. The molecule has 0 radical (unpaired) electrons. The molecule has 0 saturated heterocycles. The maximum atomic E-state index is 12.1. The number of likely N-dealkylation sites (N-methyl/N-ethyl adjacent to an activating group) is 2. The van der Waals surface area contributed by atoms with Crippen molar-refractivity contribution in [1.82, 2.24) is 14.5 Å². The Morgan fingerprint density at radius 1 is 1.04 bits per heavy atom. The van der Waals surface area contributed by atoms with Crippen LogP contribution < -0.4 is 4.72 Å². The standard InChI is InChI=1S/C18H27N3O6S/c1-5-21(6-2)16(22)12-20(4)17(23)13-27-18(24)11-19-28(25,26)15-9-7-14(3)8-10-15/h7-10,19H,5-6,11-13H2,1-4H3. The van der Waals surface area contributed by atoms with Crippen LogP contribution >= 0.6 is 0 Å². The second kappa shape index (κ2) is 10.8. The van der Waals surface area contributed by atoms with Crippen LogP contribution in [0.5, 0.6) is 0 Å². The Morgan fingerprint density at radius 2 is 1.61 bits per heavy atom. The number of hydrogen-bond donors (Lipinski definition) is 1. The third kappa shape index (κ3) is 7.28. The Balaban J connectivity index is 2.46. The molecule has 0 aliphatic carbocycles. The van der Waals surface area contributed by atoms with Gasteiger partial charge in [-0.2, -0.15) is 4.72 Å². The van der Waals surface area contributed by atoms with Gasteiger partial charge in [0.05, 0.1) is 11.4 Å². The number of esters is 1. The van der Waals surface area contributed by atoms with Gasteiger partial charge in [-0.1, -0.05) is 17.7 Å². The molecule has 0 aliphatic rings. The van der Waals surface area contributed by atoms with E-state index in [2.05, 4.69) is 4.72 Å². The number of carbonyl (C=O) groups is 3. The van der Waals surface area contributed by atoms with Crippen LogP contribution in [0, 0.1) is 6.92 Å². The fraction of sp³-hybridized carbons (Fsp3) is 0.500. The van der Waals surface area contributed by atoms with Crippen molar-refractivity contribution in [2.24, 2.45) is 0 Å². The summed E-state index contributed by atoms with van der Waals surface area (Å²) in [7, 11) is -2.43. The Hall–Kier alpha value is -2.46. The fourth-order valence-electron chi connectivity index (χ4n) is 2.23. The van der Waals surface area contributed by atoms with Crippen molar-refractivity contribution >= 4 is 27.8 Å². The van der Waals surface area contributed by atoms with Gasteiger partial charge in [0.1, 0.15) is 6.54 Å². The topological polar surface area (TPSA) is 113 Å². The molecule has 9 nitrogen and oxygen atoms in total. The molecule has 0 spiro atoms. The zero-order valence-electron chi connectivity index (χ0n) is 16.6. The van der Waals surface area contributed by atoms with Crippen LogP contribution in [0.25, 0.3) is 0 Å². The first-order valence-electron chi connectivity index (χ1n) is 8.84. The highest BCUT2D eigenvalue weighted by molar-refractivity contribution is 7.89. The van der Waals surface area contributed by atoms with Crippen molar-refractivity contribution in [2.75, 3.05) is 39.8 Å². The Bertz CT molecular complexity index is 788. The average Bonchev–Trinajstić information content (AvgIpc) is 2.65. The highest BCUT2D eigenvalue weighted by Crippen LogP contribution is 2.09. The predicted molar refractivity (Wildman–Crippen MR) is 103 cm³/mol. The molecule has 1 aromatic rings. The number of nitrogens with one attached hydrogen (secondary N) is 1. The molecule has 1 aromatic carbocycles. The average molecular weight is 413 g/mol. The summed E-state index contributed by atoms with van der Waals surface area (Å²) < 4.78 is 31.1. The minimum atomic E-state index is -3.85. The van der Waals surface area contributed by atoms with Crippen LogP contribution in [0.1, 0.15) is 19.4 Å². The van der Waals surface area contributed by atoms with Crippen molar-refractivity contribution < 1.29 is 27.5 Å². The highest BCUT2D eigenvalue weighted by atomic mass is 32.2. The van der Waals surface area contributed by atoms with Crippen molar-refractivity contribution in [3.05, 3.63) is 29.8 Å². The van der Waals surface area contributed by atoms with Gasteiger partial charge in [0.25, 0.3) is 5.91 Å². The van der Waals surface area contributed by atoms with E-state index in [0.29, 0.717) is 13.1 Å². The molecule has 10 heteroatoms. The smallest absolute Gasteiger partial charge is 0.321 e. The van der Waals surface area contributed by atoms with E-state index >= 15 is 0 Å². The maximum absolute atomic E-state index is 12.1. The zero-order valence-corrected chi connectivity index (χ0v) is 17.4. The van der Waals surface area contributed by atoms with E-state index in [1.807, 2.05) is 20.8 Å². The van der Waals surface area contributed by atoms with E-state index in [1.54, 1.807) is 17.0 Å². The lowest BCUT2D eigenvalue weighted by Gasteiger charge is -2.23. The molecule has 0 bridgehead atoms. The number of rotatable bonds is 10. The molecule has 1 rings (SSSR count). The van der Waals surface area contributed by atoms with Crippen LogP contribution in [0.2, 0.25) is 0 Å². The van der Waals surface area contributed by atoms with Gasteiger partial charge < -0.3 is 14.5 Å². The third-order valence-electron chi connectivity index (χ3n) is 4.01. The summed E-state index contributed by atoms with van der Waals surface area (Å²) in [5.41, 5.74) is 0.903. The molecule has 0 aliphatic heterocycles. The zero-order chi connectivity index (χ0) is 21.3. The summed E-state index contributed by atoms with van der Waals surface area (Å²) >= 11 is 0. The van der Waals surface area contributed by atoms with E-state index in [9.17, 15) is 22.8 Å². The monoisotopic (exact) mass is 413 g/mol. The van der Waals surface area contributed by atoms with Crippen molar-refractivity contribution in [3.8, 4) is 0 Å². The molecule has 28 heavy (non-hydrogen) atoms. The lowest BCUT2D eigenvalue weighted by atomic mass is 10.2. The van der Waals surface area contributed by atoms with Gasteiger partial charge >= 0.3 is 5.97 Å². The Kier molecular flexibility index (Phi) is 9.07. The molecule has 0 fully saturated rings. The van der Waals surface area contributed by atoms with Gasteiger partial charge in [0.2, 0.25) is 15.9 Å². The van der Waals surface area contributed by atoms with Gasteiger partial charge in [-0.3, -0.25) is 14.4 Å². The highest BCUT2D eigenvalue weighted by Gasteiger charge is 2.19. The minimum Gasteiger partial charge on any atom is -0.455 e. The van der Waals surface area contributed by atoms with Crippen LogP contribution in [0.4, 0.5) is 0 Å². The first-order chi connectivity index (χ1) is 13.1. The van der Waals surface area contributed by atoms with Crippen molar-refractivity contribution in [2.45, 2.75) is 25.7 Å². The number of sulfonamides is 1. The van der Waals surface area contributed by atoms with Crippen LogP contribution in [0.15, 0.2) is 29.2 Å². The van der Waals surface area contributed by atoms with Crippen LogP contribution in [0.3, 0.4) is 0 Å². The van der Waals surface area contributed by atoms with Crippen molar-refractivity contribution in [3.63, 3.8) is 0 Å². The first kappa shape index (κ1) is 23.6. The van der Waals surface area contributed by atoms with E-state index in [-0.39, 0.29) is 17.3 Å². The Labute approximate surface area is 165 Å². The Morgan fingerprint density at radius 3 is 2.14 bits per heavy atom. The second-order valence-corrected chi connectivity index (χ2v) is 7.88. The summed E-state index contributed by atoms with van der Waals surface area (Å²) in [5, 5.41) is 0. The second-order valence-electron chi connectivity index (χ2n) is 6.11. The van der Waals surface area contributed by atoms with Crippen LogP contribution in [-0.4, -0.2) is 75.8 Å². The van der Waals surface area contributed by atoms with Gasteiger partial charge in [0, 0.05) is 20.1 Å². The molecule has 2 amide bonds. The van der Waals surface area contributed by atoms with E-state index in [4.69, 9.17) is 4.74 Å². The number of aryl methyl sites for hydroxylation is 1. The number of nitrogens with zero attached hydrogens (tertiary/aromatic N) is 2. The third-order valence-corrected chi connectivity index (χ3v) is 5.43. The minimum absolute atomic E-state index is 0.0247. The molecule has 0 atom stereocenters. The van der Waals surface area contributed by atoms with Gasteiger partial charge in [-0.25, -0.2) is 8.42 Å². The SMILES string of the molecule is CCN(CC)C(=O)CN(C)C(=O)COC(=O)CNS(=O)(=O)c1ccc(C)cc1. The van der Waals surface area contributed by atoms with E-state index in [0.717, 1.165) is 10.5 Å². The molecule has 1 N–H and O–H groups in total. The van der Waals surface area contributed by atoms with Gasteiger partial charge in [0.15, 0.2) is 6.61 Å². The number of amides is 2. The van der Waals surface area contributed by atoms with Gasteiger partial charge in [-0.15, -0.1) is 0 Å².